The van der Waals surface area contributed by atoms with Crippen LogP contribution in [0.3, 0.4) is 0 Å². The second-order valence-electron chi connectivity index (χ2n) is 4.31. The van der Waals surface area contributed by atoms with Crippen molar-refractivity contribution in [3.63, 3.8) is 0 Å². The van der Waals surface area contributed by atoms with Crippen LogP contribution in [0.1, 0.15) is 35.3 Å². The van der Waals surface area contributed by atoms with Crippen LogP contribution in [-0.2, 0) is 6.42 Å². The van der Waals surface area contributed by atoms with Gasteiger partial charge < -0.3 is 11.5 Å². The van der Waals surface area contributed by atoms with E-state index >= 15 is 0 Å². The third-order valence-corrected chi connectivity index (χ3v) is 3.15. The smallest absolute Gasteiger partial charge is 0.128 e. The lowest BCUT2D eigenvalue weighted by atomic mass is 9.96. The number of hydrogen-bond acceptors (Lipinski definition) is 4. The van der Waals surface area contributed by atoms with E-state index in [1.807, 2.05) is 25.1 Å². The summed E-state index contributed by atoms with van der Waals surface area (Å²) in [5.41, 5.74) is 16.2. The number of aryl methyl sites for hydroxylation is 2. The molecule has 0 bridgehead atoms. The Morgan fingerprint density at radius 1 is 1.22 bits per heavy atom. The lowest BCUT2D eigenvalue weighted by molar-refractivity contribution is 0.797. The van der Waals surface area contributed by atoms with Crippen LogP contribution in [0.15, 0.2) is 30.6 Å². The van der Waals surface area contributed by atoms with Gasteiger partial charge in [-0.25, -0.2) is 4.98 Å². The molecule has 4 nitrogen and oxygen atoms in total. The number of aromatic nitrogens is 2. The fourth-order valence-corrected chi connectivity index (χ4v) is 2.16. The minimum Gasteiger partial charge on any atom is -0.383 e. The Bertz CT molecular complexity index is 531. The third kappa shape index (κ3) is 2.19. The summed E-state index contributed by atoms with van der Waals surface area (Å²) in [6, 6.07) is 5.56. The van der Waals surface area contributed by atoms with Crippen molar-refractivity contribution in [2.45, 2.75) is 26.3 Å². The first-order chi connectivity index (χ1) is 8.65. The molecule has 0 saturated carbocycles. The Morgan fingerprint density at radius 3 is 2.67 bits per heavy atom. The van der Waals surface area contributed by atoms with Crippen molar-refractivity contribution in [1.29, 1.82) is 0 Å². The van der Waals surface area contributed by atoms with Crippen LogP contribution in [0.2, 0.25) is 0 Å². The summed E-state index contributed by atoms with van der Waals surface area (Å²) in [6.45, 7) is 4.08. The Morgan fingerprint density at radius 2 is 2.00 bits per heavy atom. The molecule has 4 heteroatoms. The molecular weight excluding hydrogens is 224 g/mol. The molecule has 94 valence electrons. The topological polar surface area (TPSA) is 77.8 Å². The van der Waals surface area contributed by atoms with E-state index in [4.69, 9.17) is 11.5 Å². The van der Waals surface area contributed by atoms with Crippen LogP contribution in [0.5, 0.6) is 0 Å². The number of nitrogens with two attached hydrogens (primary N) is 2. The molecule has 0 fully saturated rings. The first-order valence-corrected chi connectivity index (χ1v) is 6.05. The molecule has 2 aromatic heterocycles. The number of hydrogen-bond donors (Lipinski definition) is 2. The van der Waals surface area contributed by atoms with Crippen LogP contribution in [0.4, 0.5) is 5.82 Å². The standard InChI is InChI=1S/C14H18N4/c1-3-10-5-4-7-17-13(10)12(15)11-9(2)6-8-18-14(11)16/h4-8,12H,3,15H2,1-2H3,(H2,16,18). The van der Waals surface area contributed by atoms with E-state index in [1.54, 1.807) is 12.4 Å². The maximum absolute atomic E-state index is 6.31. The molecule has 0 radical (unpaired) electrons. The minimum absolute atomic E-state index is 0.324. The summed E-state index contributed by atoms with van der Waals surface area (Å²) in [4.78, 5) is 8.51. The Hall–Kier alpha value is -1.94. The summed E-state index contributed by atoms with van der Waals surface area (Å²) < 4.78 is 0. The number of nitrogen functional groups attached to an aromatic ring is 1. The molecule has 0 amide bonds. The van der Waals surface area contributed by atoms with Crippen molar-refractivity contribution < 1.29 is 0 Å². The maximum Gasteiger partial charge on any atom is 0.128 e. The molecule has 1 unspecified atom stereocenters. The molecule has 2 aromatic rings. The molecule has 1 atom stereocenters. The predicted octanol–water partition coefficient (Wildman–Crippen LogP) is 1.98. The van der Waals surface area contributed by atoms with Gasteiger partial charge in [0.2, 0.25) is 0 Å². The average molecular weight is 242 g/mol. The zero-order valence-electron chi connectivity index (χ0n) is 10.7. The van der Waals surface area contributed by atoms with E-state index in [1.165, 1.54) is 0 Å². The van der Waals surface area contributed by atoms with Gasteiger partial charge in [0.25, 0.3) is 0 Å². The zero-order chi connectivity index (χ0) is 13.1. The van der Waals surface area contributed by atoms with Crippen LogP contribution >= 0.6 is 0 Å². The first kappa shape index (κ1) is 12.5. The molecule has 0 saturated heterocycles. The quantitative estimate of drug-likeness (QED) is 0.862. The van der Waals surface area contributed by atoms with Gasteiger partial charge in [0, 0.05) is 18.0 Å². The van der Waals surface area contributed by atoms with Gasteiger partial charge in [0.05, 0.1) is 11.7 Å². The highest BCUT2D eigenvalue weighted by atomic mass is 14.9. The predicted molar refractivity (Wildman–Crippen MR) is 73.0 cm³/mol. The Labute approximate surface area is 107 Å². The van der Waals surface area contributed by atoms with E-state index in [9.17, 15) is 0 Å². The van der Waals surface area contributed by atoms with E-state index in [2.05, 4.69) is 16.9 Å². The Kier molecular flexibility index (Phi) is 3.58. The van der Waals surface area contributed by atoms with Gasteiger partial charge in [-0.05, 0) is 36.6 Å². The molecule has 0 aliphatic heterocycles. The lowest BCUT2D eigenvalue weighted by Gasteiger charge is -2.18. The second kappa shape index (κ2) is 5.14. The molecule has 18 heavy (non-hydrogen) atoms. The molecule has 4 N–H and O–H groups in total. The highest BCUT2D eigenvalue weighted by molar-refractivity contribution is 5.49. The van der Waals surface area contributed by atoms with Crippen molar-refractivity contribution in [1.82, 2.24) is 9.97 Å². The third-order valence-electron chi connectivity index (χ3n) is 3.15. The fraction of sp³-hybridized carbons (Fsp3) is 0.286. The monoisotopic (exact) mass is 242 g/mol. The van der Waals surface area contributed by atoms with Gasteiger partial charge in [-0.3, -0.25) is 4.98 Å². The van der Waals surface area contributed by atoms with E-state index < -0.39 is 0 Å². The minimum atomic E-state index is -0.324. The van der Waals surface area contributed by atoms with Gasteiger partial charge in [-0.15, -0.1) is 0 Å². The van der Waals surface area contributed by atoms with Crippen LogP contribution in [0.25, 0.3) is 0 Å². The molecule has 0 spiro atoms. The molecule has 0 aliphatic rings. The second-order valence-corrected chi connectivity index (χ2v) is 4.31. The summed E-state index contributed by atoms with van der Waals surface area (Å²) in [5, 5.41) is 0. The number of nitrogens with zero attached hydrogens (tertiary/aromatic N) is 2. The van der Waals surface area contributed by atoms with Crippen molar-refractivity contribution in [3.05, 3.63) is 53.0 Å². The number of anilines is 1. The zero-order valence-corrected chi connectivity index (χ0v) is 10.7. The number of rotatable bonds is 3. The van der Waals surface area contributed by atoms with Crippen LogP contribution in [-0.4, -0.2) is 9.97 Å². The molecular formula is C14H18N4. The molecule has 2 rings (SSSR count). The van der Waals surface area contributed by atoms with Gasteiger partial charge >= 0.3 is 0 Å². The Balaban J connectivity index is 2.51. The van der Waals surface area contributed by atoms with Crippen molar-refractivity contribution in [2.75, 3.05) is 5.73 Å². The summed E-state index contributed by atoms with van der Waals surface area (Å²) in [7, 11) is 0. The van der Waals surface area contributed by atoms with Gasteiger partial charge in [-0.2, -0.15) is 0 Å². The fourth-order valence-electron chi connectivity index (χ4n) is 2.16. The maximum atomic E-state index is 6.31. The van der Waals surface area contributed by atoms with E-state index in [0.29, 0.717) is 5.82 Å². The van der Waals surface area contributed by atoms with Gasteiger partial charge in [-0.1, -0.05) is 13.0 Å². The normalized spacial score (nSPS) is 12.4. The summed E-state index contributed by atoms with van der Waals surface area (Å²) in [5.74, 6) is 0.482. The average Bonchev–Trinajstić information content (AvgIpc) is 2.38. The summed E-state index contributed by atoms with van der Waals surface area (Å²) >= 11 is 0. The summed E-state index contributed by atoms with van der Waals surface area (Å²) in [6.07, 6.45) is 4.35. The highest BCUT2D eigenvalue weighted by Gasteiger charge is 2.18. The molecule has 0 aromatic carbocycles. The van der Waals surface area contributed by atoms with Crippen LogP contribution < -0.4 is 11.5 Å². The SMILES string of the molecule is CCc1cccnc1C(N)c1c(C)ccnc1N. The largest absolute Gasteiger partial charge is 0.383 e. The highest BCUT2D eigenvalue weighted by Crippen LogP contribution is 2.27. The van der Waals surface area contributed by atoms with Gasteiger partial charge in [0.1, 0.15) is 5.82 Å². The van der Waals surface area contributed by atoms with Crippen molar-refractivity contribution in [2.24, 2.45) is 5.73 Å². The van der Waals surface area contributed by atoms with E-state index in [0.717, 1.165) is 28.8 Å². The van der Waals surface area contributed by atoms with Gasteiger partial charge in [0.15, 0.2) is 0 Å². The number of pyridine rings is 2. The molecule has 2 heterocycles. The van der Waals surface area contributed by atoms with Crippen molar-refractivity contribution >= 4 is 5.82 Å². The molecule has 0 aliphatic carbocycles. The first-order valence-electron chi connectivity index (χ1n) is 6.05. The van der Waals surface area contributed by atoms with E-state index in [-0.39, 0.29) is 6.04 Å². The lowest BCUT2D eigenvalue weighted by Crippen LogP contribution is -2.19. The van der Waals surface area contributed by atoms with Crippen molar-refractivity contribution in [3.8, 4) is 0 Å². The van der Waals surface area contributed by atoms with Crippen LogP contribution in [0, 0.1) is 6.92 Å².